The quantitative estimate of drug-likeness (QED) is 0.429. The van der Waals surface area contributed by atoms with Gasteiger partial charge in [-0.25, -0.2) is 0 Å². The van der Waals surface area contributed by atoms with Crippen LogP contribution in [0.3, 0.4) is 0 Å². The normalized spacial score (nSPS) is 19.9. The number of nitrogens with zero attached hydrogens (tertiary/aromatic N) is 2. The van der Waals surface area contributed by atoms with E-state index in [2.05, 4.69) is 36.0 Å². The molecule has 1 unspecified atom stereocenters. The van der Waals surface area contributed by atoms with E-state index in [-0.39, 0.29) is 0 Å². The second kappa shape index (κ2) is 10.0. The molecule has 1 heterocycles. The fourth-order valence-electron chi connectivity index (χ4n) is 2.82. The average Bonchev–Trinajstić information content (AvgIpc) is 2.68. The first-order valence-electron chi connectivity index (χ1n) is 8.43. The zero-order valence-electron chi connectivity index (χ0n) is 13.7. The number of aliphatic imine (C=N–C) groups is 1. The van der Waals surface area contributed by atoms with Gasteiger partial charge in [0.05, 0.1) is 6.54 Å². The highest BCUT2D eigenvalue weighted by Crippen LogP contribution is 2.17. The van der Waals surface area contributed by atoms with Gasteiger partial charge in [-0.1, -0.05) is 40.0 Å². The Labute approximate surface area is 125 Å². The van der Waals surface area contributed by atoms with Crippen LogP contribution in [0, 0.1) is 5.92 Å². The van der Waals surface area contributed by atoms with E-state index in [0.29, 0.717) is 17.9 Å². The predicted octanol–water partition coefficient (Wildman–Crippen LogP) is 2.59. The summed E-state index contributed by atoms with van der Waals surface area (Å²) in [5.41, 5.74) is 5.94. The van der Waals surface area contributed by atoms with Crippen molar-refractivity contribution in [2.75, 3.05) is 26.2 Å². The Kier molecular flexibility index (Phi) is 8.67. The van der Waals surface area contributed by atoms with Crippen molar-refractivity contribution in [3.05, 3.63) is 0 Å². The lowest BCUT2D eigenvalue weighted by Crippen LogP contribution is -2.43. The van der Waals surface area contributed by atoms with E-state index < -0.39 is 0 Å². The van der Waals surface area contributed by atoms with E-state index >= 15 is 0 Å². The third-order valence-electron chi connectivity index (χ3n) is 4.16. The van der Waals surface area contributed by atoms with Crippen molar-refractivity contribution in [3.63, 3.8) is 0 Å². The molecular formula is C16H34N4. The van der Waals surface area contributed by atoms with Gasteiger partial charge < -0.3 is 11.1 Å². The van der Waals surface area contributed by atoms with Crippen molar-refractivity contribution in [2.45, 2.75) is 65.3 Å². The summed E-state index contributed by atoms with van der Waals surface area (Å²) in [6.45, 7) is 11.0. The van der Waals surface area contributed by atoms with Gasteiger partial charge in [0.25, 0.3) is 0 Å². The van der Waals surface area contributed by atoms with E-state index in [4.69, 9.17) is 5.73 Å². The Morgan fingerprint density at radius 2 is 1.85 bits per heavy atom. The molecule has 1 fully saturated rings. The summed E-state index contributed by atoms with van der Waals surface area (Å²) >= 11 is 0. The molecule has 0 radical (unpaired) electrons. The summed E-state index contributed by atoms with van der Waals surface area (Å²) < 4.78 is 0. The first kappa shape index (κ1) is 17.3. The zero-order chi connectivity index (χ0) is 14.8. The van der Waals surface area contributed by atoms with Gasteiger partial charge >= 0.3 is 0 Å². The maximum atomic E-state index is 5.94. The van der Waals surface area contributed by atoms with Gasteiger partial charge in [0.2, 0.25) is 0 Å². The Morgan fingerprint density at radius 1 is 1.20 bits per heavy atom. The van der Waals surface area contributed by atoms with Gasteiger partial charge in [-0.2, -0.15) is 0 Å². The van der Waals surface area contributed by atoms with Crippen LogP contribution < -0.4 is 11.1 Å². The van der Waals surface area contributed by atoms with Crippen LogP contribution in [0.4, 0.5) is 0 Å². The van der Waals surface area contributed by atoms with Crippen LogP contribution in [0.1, 0.15) is 59.3 Å². The molecule has 0 bridgehead atoms. The topological polar surface area (TPSA) is 53.6 Å². The summed E-state index contributed by atoms with van der Waals surface area (Å²) in [5.74, 6) is 1.24. The lowest BCUT2D eigenvalue weighted by atomic mass is 10.0. The van der Waals surface area contributed by atoms with E-state index in [1.165, 1.54) is 45.2 Å². The largest absolute Gasteiger partial charge is 0.370 e. The van der Waals surface area contributed by atoms with E-state index in [9.17, 15) is 0 Å². The molecule has 0 aromatic carbocycles. The SMILES string of the molecule is CCCCNC(N)=NCC(C(C)C)N1CCCCCC1. The lowest BCUT2D eigenvalue weighted by Gasteiger charge is -2.32. The van der Waals surface area contributed by atoms with E-state index in [1.807, 2.05) is 0 Å². The number of nitrogens with two attached hydrogens (primary N) is 1. The fourth-order valence-corrected chi connectivity index (χ4v) is 2.82. The monoisotopic (exact) mass is 282 g/mol. The molecule has 4 heteroatoms. The Hall–Kier alpha value is -0.770. The minimum Gasteiger partial charge on any atom is -0.370 e. The van der Waals surface area contributed by atoms with Crippen molar-refractivity contribution < 1.29 is 0 Å². The van der Waals surface area contributed by atoms with Crippen LogP contribution in [-0.4, -0.2) is 43.1 Å². The zero-order valence-corrected chi connectivity index (χ0v) is 13.7. The molecule has 0 aromatic heterocycles. The second-order valence-electron chi connectivity index (χ2n) is 6.27. The smallest absolute Gasteiger partial charge is 0.188 e. The highest BCUT2D eigenvalue weighted by Gasteiger charge is 2.22. The predicted molar refractivity (Wildman–Crippen MR) is 88.1 cm³/mol. The maximum absolute atomic E-state index is 5.94. The number of rotatable bonds is 7. The van der Waals surface area contributed by atoms with Crippen molar-refractivity contribution in [2.24, 2.45) is 16.6 Å². The third kappa shape index (κ3) is 6.60. The van der Waals surface area contributed by atoms with E-state index in [1.54, 1.807) is 0 Å². The summed E-state index contributed by atoms with van der Waals surface area (Å²) in [6.07, 6.45) is 7.75. The highest BCUT2D eigenvalue weighted by molar-refractivity contribution is 5.77. The van der Waals surface area contributed by atoms with Gasteiger partial charge in [0.1, 0.15) is 0 Å². The molecule has 20 heavy (non-hydrogen) atoms. The minimum absolute atomic E-state index is 0.527. The molecule has 3 N–H and O–H groups in total. The van der Waals surface area contributed by atoms with Crippen molar-refractivity contribution in [1.82, 2.24) is 10.2 Å². The molecular weight excluding hydrogens is 248 g/mol. The van der Waals surface area contributed by atoms with Crippen LogP contribution in [0.2, 0.25) is 0 Å². The number of hydrogen-bond acceptors (Lipinski definition) is 2. The Bertz CT molecular complexity index is 268. The molecule has 1 aliphatic rings. The second-order valence-corrected chi connectivity index (χ2v) is 6.27. The third-order valence-corrected chi connectivity index (χ3v) is 4.16. The first-order valence-corrected chi connectivity index (χ1v) is 8.43. The molecule has 1 saturated heterocycles. The Balaban J connectivity index is 2.46. The molecule has 4 nitrogen and oxygen atoms in total. The Morgan fingerprint density at radius 3 is 2.40 bits per heavy atom. The van der Waals surface area contributed by atoms with Crippen LogP contribution in [0.25, 0.3) is 0 Å². The van der Waals surface area contributed by atoms with Gasteiger partial charge in [-0.15, -0.1) is 0 Å². The molecule has 0 spiro atoms. The molecule has 1 atom stereocenters. The lowest BCUT2D eigenvalue weighted by molar-refractivity contribution is 0.166. The molecule has 1 aliphatic heterocycles. The van der Waals surface area contributed by atoms with Crippen LogP contribution in [0.15, 0.2) is 4.99 Å². The van der Waals surface area contributed by atoms with Gasteiger partial charge in [-0.05, 0) is 38.3 Å². The summed E-state index contributed by atoms with van der Waals surface area (Å²) in [7, 11) is 0. The fraction of sp³-hybridized carbons (Fsp3) is 0.938. The summed E-state index contributed by atoms with van der Waals surface area (Å²) in [6, 6.07) is 0.527. The maximum Gasteiger partial charge on any atom is 0.188 e. The average molecular weight is 282 g/mol. The molecule has 0 saturated carbocycles. The van der Waals surface area contributed by atoms with Crippen LogP contribution in [-0.2, 0) is 0 Å². The van der Waals surface area contributed by atoms with Crippen LogP contribution >= 0.6 is 0 Å². The van der Waals surface area contributed by atoms with Gasteiger partial charge in [0, 0.05) is 12.6 Å². The van der Waals surface area contributed by atoms with Crippen LogP contribution in [0.5, 0.6) is 0 Å². The molecule has 1 rings (SSSR count). The van der Waals surface area contributed by atoms with Crippen molar-refractivity contribution >= 4 is 5.96 Å². The van der Waals surface area contributed by atoms with Crippen molar-refractivity contribution in [3.8, 4) is 0 Å². The first-order chi connectivity index (χ1) is 9.65. The number of unbranched alkanes of at least 4 members (excludes halogenated alkanes) is 1. The summed E-state index contributed by atoms with van der Waals surface area (Å²) in [5, 5.41) is 3.20. The van der Waals surface area contributed by atoms with Crippen molar-refractivity contribution in [1.29, 1.82) is 0 Å². The number of nitrogens with one attached hydrogen (secondary N) is 1. The number of hydrogen-bond donors (Lipinski definition) is 2. The standard InChI is InChI=1S/C16H34N4/c1-4-5-10-18-16(17)19-13-15(14(2)3)20-11-8-6-7-9-12-20/h14-15H,4-13H2,1-3H3,(H3,17,18,19). The molecule has 0 aromatic rings. The van der Waals surface area contributed by atoms with Gasteiger partial charge in [0.15, 0.2) is 5.96 Å². The highest BCUT2D eigenvalue weighted by atomic mass is 15.2. The minimum atomic E-state index is 0.527. The van der Waals surface area contributed by atoms with Gasteiger partial charge in [-0.3, -0.25) is 9.89 Å². The summed E-state index contributed by atoms with van der Waals surface area (Å²) in [4.78, 5) is 7.19. The molecule has 0 aliphatic carbocycles. The molecule has 118 valence electrons. The number of likely N-dealkylation sites (tertiary alicyclic amines) is 1. The molecule has 0 amide bonds. The number of guanidine groups is 1. The van der Waals surface area contributed by atoms with E-state index in [0.717, 1.165) is 19.5 Å².